The van der Waals surface area contributed by atoms with Crippen LogP contribution in [0.15, 0.2) is 49.1 Å². The molecular weight excluding hydrogens is 238 g/mol. The van der Waals surface area contributed by atoms with E-state index in [4.69, 9.17) is 4.74 Å². The van der Waals surface area contributed by atoms with E-state index in [-0.39, 0.29) is 5.91 Å². The average Bonchev–Trinajstić information content (AvgIpc) is 2.46. The van der Waals surface area contributed by atoms with Gasteiger partial charge in [0.25, 0.3) is 0 Å². The molecule has 0 fully saturated rings. The molecule has 3 heteroatoms. The minimum absolute atomic E-state index is 0.119. The predicted molar refractivity (Wildman–Crippen MR) is 78.7 cm³/mol. The highest BCUT2D eigenvalue weighted by atomic mass is 16.5. The highest BCUT2D eigenvalue weighted by Crippen LogP contribution is 2.00. The molecule has 0 atom stereocenters. The molecule has 0 saturated carbocycles. The van der Waals surface area contributed by atoms with E-state index in [0.717, 1.165) is 12.8 Å². The molecule has 1 aromatic rings. The van der Waals surface area contributed by atoms with Gasteiger partial charge in [-0.3, -0.25) is 4.79 Å². The number of rotatable bonds is 9. The first-order valence-corrected chi connectivity index (χ1v) is 6.52. The smallest absolute Gasteiger partial charge is 0.243 e. The molecule has 1 rings (SSSR count). The van der Waals surface area contributed by atoms with E-state index in [1.54, 1.807) is 0 Å². The van der Waals surface area contributed by atoms with Gasteiger partial charge in [-0.15, -0.1) is 0 Å². The fourth-order valence-corrected chi connectivity index (χ4v) is 1.51. The Labute approximate surface area is 115 Å². The maximum Gasteiger partial charge on any atom is 0.243 e. The first kappa shape index (κ1) is 15.2. The summed E-state index contributed by atoms with van der Waals surface area (Å²) in [7, 11) is 0. The third kappa shape index (κ3) is 7.95. The Morgan fingerprint density at radius 1 is 1.26 bits per heavy atom. The summed E-state index contributed by atoms with van der Waals surface area (Å²) in [5.74, 6) is -0.119. The molecule has 0 aliphatic carbocycles. The Bertz CT molecular complexity index is 398. The van der Waals surface area contributed by atoms with Gasteiger partial charge in [0.1, 0.15) is 0 Å². The molecule has 0 aliphatic heterocycles. The number of nitrogens with one attached hydrogen (secondary N) is 1. The zero-order chi connectivity index (χ0) is 13.8. The molecule has 1 aromatic carbocycles. The second-order valence-electron chi connectivity index (χ2n) is 4.09. The highest BCUT2D eigenvalue weighted by molar-refractivity contribution is 5.86. The topological polar surface area (TPSA) is 38.3 Å². The maximum atomic E-state index is 10.9. The first-order valence-electron chi connectivity index (χ1n) is 6.52. The van der Waals surface area contributed by atoms with Crippen molar-refractivity contribution in [2.24, 2.45) is 0 Å². The molecule has 102 valence electrons. The molecule has 0 aromatic heterocycles. The third-order valence-corrected chi connectivity index (χ3v) is 2.52. The Balaban J connectivity index is 1.95. The second-order valence-corrected chi connectivity index (χ2v) is 4.09. The van der Waals surface area contributed by atoms with Crippen LogP contribution in [0.25, 0.3) is 6.08 Å². The van der Waals surface area contributed by atoms with Gasteiger partial charge in [-0.1, -0.05) is 49.1 Å². The zero-order valence-electron chi connectivity index (χ0n) is 11.2. The van der Waals surface area contributed by atoms with E-state index in [1.165, 1.54) is 11.6 Å². The number of carbonyl (C=O) groups is 1. The summed E-state index contributed by atoms with van der Waals surface area (Å²) in [5, 5.41) is 2.73. The molecule has 19 heavy (non-hydrogen) atoms. The van der Waals surface area contributed by atoms with E-state index < -0.39 is 0 Å². The normalized spacial score (nSPS) is 10.5. The Morgan fingerprint density at radius 2 is 2.05 bits per heavy atom. The van der Waals surface area contributed by atoms with Crippen molar-refractivity contribution in [1.82, 2.24) is 5.32 Å². The molecule has 0 saturated heterocycles. The van der Waals surface area contributed by atoms with E-state index in [2.05, 4.69) is 24.0 Å². The van der Waals surface area contributed by atoms with E-state index >= 15 is 0 Å². The number of ether oxygens (including phenoxy) is 1. The lowest BCUT2D eigenvalue weighted by atomic mass is 10.2. The van der Waals surface area contributed by atoms with Crippen LogP contribution in [-0.4, -0.2) is 25.7 Å². The van der Waals surface area contributed by atoms with Crippen molar-refractivity contribution < 1.29 is 9.53 Å². The van der Waals surface area contributed by atoms with Crippen molar-refractivity contribution in [3.8, 4) is 0 Å². The fourth-order valence-electron chi connectivity index (χ4n) is 1.51. The number of amides is 1. The van der Waals surface area contributed by atoms with Crippen LogP contribution < -0.4 is 5.32 Å². The zero-order valence-corrected chi connectivity index (χ0v) is 11.2. The van der Waals surface area contributed by atoms with Gasteiger partial charge in [-0.05, 0) is 24.5 Å². The van der Waals surface area contributed by atoms with Gasteiger partial charge in [-0.2, -0.15) is 0 Å². The van der Waals surface area contributed by atoms with Crippen LogP contribution in [0.3, 0.4) is 0 Å². The predicted octanol–water partition coefficient (Wildman–Crippen LogP) is 2.80. The van der Waals surface area contributed by atoms with E-state index in [9.17, 15) is 4.79 Å². The Morgan fingerprint density at radius 3 is 2.79 bits per heavy atom. The Hall–Kier alpha value is -1.87. The minimum Gasteiger partial charge on any atom is -0.377 e. The molecule has 0 radical (unpaired) electrons. The molecule has 0 heterocycles. The molecule has 0 unspecified atom stereocenters. The van der Waals surface area contributed by atoms with Gasteiger partial charge in [0, 0.05) is 13.2 Å². The molecule has 1 amide bonds. The van der Waals surface area contributed by atoms with Crippen molar-refractivity contribution in [3.63, 3.8) is 0 Å². The van der Waals surface area contributed by atoms with Gasteiger partial charge in [0.15, 0.2) is 0 Å². The lowest BCUT2D eigenvalue weighted by Gasteiger charge is -2.02. The molecular formula is C16H21NO2. The van der Waals surface area contributed by atoms with E-state index in [1.807, 2.05) is 30.4 Å². The molecule has 0 bridgehead atoms. The van der Waals surface area contributed by atoms with Crippen LogP contribution in [0.2, 0.25) is 0 Å². The number of benzene rings is 1. The quantitative estimate of drug-likeness (QED) is 0.547. The summed E-state index contributed by atoms with van der Waals surface area (Å²) in [6, 6.07) is 10.1. The van der Waals surface area contributed by atoms with Crippen LogP contribution in [0, 0.1) is 0 Å². The van der Waals surface area contributed by atoms with Crippen molar-refractivity contribution in [2.45, 2.75) is 12.8 Å². The summed E-state index contributed by atoms with van der Waals surface area (Å²) < 4.78 is 5.47. The molecule has 3 nitrogen and oxygen atoms in total. The number of hydrogen-bond donors (Lipinski definition) is 1. The van der Waals surface area contributed by atoms with Crippen molar-refractivity contribution >= 4 is 12.0 Å². The highest BCUT2D eigenvalue weighted by Gasteiger charge is 1.92. The maximum absolute atomic E-state index is 10.9. The monoisotopic (exact) mass is 259 g/mol. The summed E-state index contributed by atoms with van der Waals surface area (Å²) in [5.41, 5.74) is 1.18. The summed E-state index contributed by atoms with van der Waals surface area (Å²) >= 11 is 0. The standard InChI is InChI=1S/C16H21NO2/c1-2-16(18)17-12-6-7-13-19-14-8-11-15-9-4-3-5-10-15/h2-5,8-11H,1,6-7,12-14H2,(H,17,18)/b11-8+. The number of carbonyl (C=O) groups excluding carboxylic acids is 1. The van der Waals surface area contributed by atoms with Gasteiger partial charge in [0.2, 0.25) is 5.91 Å². The summed E-state index contributed by atoms with van der Waals surface area (Å²) in [4.78, 5) is 10.9. The second kappa shape index (κ2) is 10.1. The third-order valence-electron chi connectivity index (χ3n) is 2.52. The van der Waals surface area contributed by atoms with Crippen LogP contribution in [0.4, 0.5) is 0 Å². The number of hydrogen-bond acceptors (Lipinski definition) is 2. The van der Waals surface area contributed by atoms with Crippen molar-refractivity contribution in [1.29, 1.82) is 0 Å². The molecule has 0 spiro atoms. The van der Waals surface area contributed by atoms with Crippen molar-refractivity contribution in [3.05, 3.63) is 54.6 Å². The first-order chi connectivity index (χ1) is 9.33. The van der Waals surface area contributed by atoms with Gasteiger partial charge in [0.05, 0.1) is 6.61 Å². The van der Waals surface area contributed by atoms with E-state index in [0.29, 0.717) is 19.8 Å². The fraction of sp³-hybridized carbons (Fsp3) is 0.312. The van der Waals surface area contributed by atoms with Gasteiger partial charge < -0.3 is 10.1 Å². The Kier molecular flexibility index (Phi) is 8.07. The van der Waals surface area contributed by atoms with Crippen LogP contribution in [0.1, 0.15) is 18.4 Å². The minimum atomic E-state index is -0.119. The largest absolute Gasteiger partial charge is 0.377 e. The SMILES string of the molecule is C=CC(=O)NCCCCOC/C=C/c1ccccc1. The lowest BCUT2D eigenvalue weighted by Crippen LogP contribution is -2.22. The average molecular weight is 259 g/mol. The summed E-state index contributed by atoms with van der Waals surface area (Å²) in [6.45, 7) is 5.40. The number of unbranched alkanes of at least 4 members (excludes halogenated alkanes) is 1. The van der Waals surface area contributed by atoms with Crippen LogP contribution in [0.5, 0.6) is 0 Å². The van der Waals surface area contributed by atoms with Gasteiger partial charge >= 0.3 is 0 Å². The van der Waals surface area contributed by atoms with Crippen LogP contribution in [-0.2, 0) is 9.53 Å². The van der Waals surface area contributed by atoms with Crippen LogP contribution >= 0.6 is 0 Å². The molecule has 0 aliphatic rings. The molecule has 1 N–H and O–H groups in total. The van der Waals surface area contributed by atoms with Crippen molar-refractivity contribution in [2.75, 3.05) is 19.8 Å². The summed E-state index contributed by atoms with van der Waals surface area (Å²) in [6.07, 6.45) is 7.20. The van der Waals surface area contributed by atoms with Gasteiger partial charge in [-0.25, -0.2) is 0 Å². The lowest BCUT2D eigenvalue weighted by molar-refractivity contribution is -0.116.